The third-order valence-corrected chi connectivity index (χ3v) is 5.67. The van der Waals surface area contributed by atoms with Crippen LogP contribution in [0.15, 0.2) is 18.3 Å². The molecule has 29 heavy (non-hydrogen) atoms. The predicted molar refractivity (Wildman–Crippen MR) is 107 cm³/mol. The molecule has 1 saturated carbocycles. The number of nitrogens with one attached hydrogen (secondary N) is 3. The van der Waals surface area contributed by atoms with Crippen LogP contribution in [0.1, 0.15) is 33.1 Å². The van der Waals surface area contributed by atoms with Gasteiger partial charge in [0.2, 0.25) is 11.9 Å². The molecule has 3 aromatic rings. The molecule has 0 spiro atoms. The lowest BCUT2D eigenvalue weighted by Gasteiger charge is -2.39. The topological polar surface area (TPSA) is 98.8 Å². The van der Waals surface area contributed by atoms with E-state index in [0.29, 0.717) is 23.5 Å². The lowest BCUT2D eigenvalue weighted by Crippen LogP contribution is -2.41. The number of hydrogen-bond acceptors (Lipinski definition) is 6. The summed E-state index contributed by atoms with van der Waals surface area (Å²) in [5.74, 6) is -0.990. The standard InChI is InChI=1S/C19H21ClF2N6O/c1-19(2)4-3-10(7-14(19)29)24-17-23-8-13-16(27-17)28-18(25-13)26-15-11(20)5-9(21)6-12(15)22/h5-6,8,10,14,29H,3-4,7H2,1-2H3,(H3,23,24,25,26,27,28)/t10-,14-/m1/s1. The van der Waals surface area contributed by atoms with Crippen LogP contribution in [0.3, 0.4) is 0 Å². The number of aliphatic hydroxyl groups excluding tert-OH is 1. The van der Waals surface area contributed by atoms with E-state index in [4.69, 9.17) is 11.6 Å². The normalized spacial score (nSPS) is 21.3. The Hall–Kier alpha value is -2.52. The Morgan fingerprint density at radius 3 is 2.79 bits per heavy atom. The maximum atomic E-state index is 14.0. The van der Waals surface area contributed by atoms with Crippen molar-refractivity contribution in [3.8, 4) is 0 Å². The number of hydrogen-bond donors (Lipinski definition) is 4. The maximum absolute atomic E-state index is 14.0. The van der Waals surface area contributed by atoms with E-state index in [2.05, 4.69) is 44.4 Å². The van der Waals surface area contributed by atoms with Crippen LogP contribution in [-0.4, -0.2) is 37.2 Å². The van der Waals surface area contributed by atoms with Crippen LogP contribution in [-0.2, 0) is 0 Å². The summed E-state index contributed by atoms with van der Waals surface area (Å²) in [7, 11) is 0. The molecule has 1 aromatic carbocycles. The highest BCUT2D eigenvalue weighted by Gasteiger charge is 2.35. The zero-order chi connectivity index (χ0) is 20.8. The van der Waals surface area contributed by atoms with Crippen LogP contribution in [0, 0.1) is 17.0 Å². The fourth-order valence-corrected chi connectivity index (χ4v) is 3.69. The molecule has 4 N–H and O–H groups in total. The molecule has 10 heteroatoms. The fourth-order valence-electron chi connectivity index (χ4n) is 3.45. The number of benzene rings is 1. The summed E-state index contributed by atoms with van der Waals surface area (Å²) in [6, 6.07) is 1.81. The average Bonchev–Trinajstić information content (AvgIpc) is 3.03. The summed E-state index contributed by atoms with van der Waals surface area (Å²) in [4.78, 5) is 15.9. The molecule has 2 atom stereocenters. The Morgan fingerprint density at radius 1 is 1.28 bits per heavy atom. The van der Waals surface area contributed by atoms with Crippen molar-refractivity contribution >= 4 is 40.3 Å². The molecule has 0 radical (unpaired) electrons. The minimum atomic E-state index is -0.831. The molecule has 4 rings (SSSR count). The number of nitrogens with zero attached hydrogens (tertiary/aromatic N) is 3. The number of aromatic amines is 1. The second kappa shape index (κ2) is 7.38. The Kier molecular flexibility index (Phi) is 5.04. The number of imidazole rings is 1. The number of anilines is 3. The number of aromatic nitrogens is 4. The summed E-state index contributed by atoms with van der Waals surface area (Å²) < 4.78 is 27.2. The molecule has 1 fully saturated rings. The Morgan fingerprint density at radius 2 is 2.07 bits per heavy atom. The van der Waals surface area contributed by atoms with Crippen LogP contribution in [0.2, 0.25) is 5.02 Å². The van der Waals surface area contributed by atoms with Gasteiger partial charge in [0.15, 0.2) is 11.5 Å². The first-order valence-corrected chi connectivity index (χ1v) is 9.68. The van der Waals surface area contributed by atoms with Gasteiger partial charge in [-0.2, -0.15) is 9.97 Å². The van der Waals surface area contributed by atoms with Gasteiger partial charge in [0.05, 0.1) is 23.0 Å². The lowest BCUT2D eigenvalue weighted by molar-refractivity contribution is 0.00908. The average molecular weight is 423 g/mol. The first-order valence-electron chi connectivity index (χ1n) is 9.30. The minimum Gasteiger partial charge on any atom is -0.392 e. The lowest BCUT2D eigenvalue weighted by atomic mass is 9.73. The molecule has 1 aliphatic carbocycles. The third-order valence-electron chi connectivity index (χ3n) is 5.37. The van der Waals surface area contributed by atoms with Crippen molar-refractivity contribution in [2.75, 3.05) is 10.6 Å². The molecule has 2 heterocycles. The van der Waals surface area contributed by atoms with E-state index < -0.39 is 17.7 Å². The van der Waals surface area contributed by atoms with Gasteiger partial charge in [0.1, 0.15) is 11.3 Å². The van der Waals surface area contributed by atoms with Gasteiger partial charge in [0, 0.05) is 12.1 Å². The van der Waals surface area contributed by atoms with Gasteiger partial charge in [-0.3, -0.25) is 0 Å². The fraction of sp³-hybridized carbons (Fsp3) is 0.421. The van der Waals surface area contributed by atoms with E-state index in [0.717, 1.165) is 25.0 Å². The second-order valence-corrected chi connectivity index (χ2v) is 8.41. The van der Waals surface area contributed by atoms with Crippen molar-refractivity contribution < 1.29 is 13.9 Å². The smallest absolute Gasteiger partial charge is 0.225 e. The van der Waals surface area contributed by atoms with Crippen LogP contribution in [0.25, 0.3) is 11.2 Å². The van der Waals surface area contributed by atoms with Gasteiger partial charge in [-0.1, -0.05) is 25.4 Å². The molecule has 2 aromatic heterocycles. The summed E-state index contributed by atoms with van der Waals surface area (Å²) in [5.41, 5.74) is 0.738. The highest BCUT2D eigenvalue weighted by atomic mass is 35.5. The third kappa shape index (κ3) is 4.11. The predicted octanol–water partition coefficient (Wildman–Crippen LogP) is 4.38. The summed E-state index contributed by atoms with van der Waals surface area (Å²) in [6.45, 7) is 4.12. The monoisotopic (exact) mass is 422 g/mol. The van der Waals surface area contributed by atoms with Crippen molar-refractivity contribution in [3.05, 3.63) is 35.0 Å². The number of H-pyrrole nitrogens is 1. The first kappa shape index (κ1) is 19.8. The summed E-state index contributed by atoms with van der Waals surface area (Å²) >= 11 is 5.91. The molecular formula is C19H21ClF2N6O. The molecule has 0 aliphatic heterocycles. The van der Waals surface area contributed by atoms with E-state index in [-0.39, 0.29) is 28.1 Å². The largest absolute Gasteiger partial charge is 0.392 e. The zero-order valence-electron chi connectivity index (χ0n) is 15.9. The zero-order valence-corrected chi connectivity index (χ0v) is 16.7. The first-order chi connectivity index (χ1) is 13.7. The van der Waals surface area contributed by atoms with Crippen molar-refractivity contribution in [1.29, 1.82) is 0 Å². The maximum Gasteiger partial charge on any atom is 0.225 e. The van der Waals surface area contributed by atoms with Crippen molar-refractivity contribution in [2.24, 2.45) is 5.41 Å². The molecule has 154 valence electrons. The van der Waals surface area contributed by atoms with Gasteiger partial charge in [0.25, 0.3) is 0 Å². The van der Waals surface area contributed by atoms with Crippen LogP contribution in [0.4, 0.5) is 26.4 Å². The van der Waals surface area contributed by atoms with E-state index >= 15 is 0 Å². The van der Waals surface area contributed by atoms with E-state index in [1.54, 1.807) is 6.20 Å². The summed E-state index contributed by atoms with van der Waals surface area (Å²) in [6.07, 6.45) is 3.59. The van der Waals surface area contributed by atoms with Crippen LogP contribution >= 0.6 is 11.6 Å². The van der Waals surface area contributed by atoms with Gasteiger partial charge in [-0.15, -0.1) is 0 Å². The van der Waals surface area contributed by atoms with Crippen LogP contribution < -0.4 is 10.6 Å². The number of halogens is 3. The van der Waals surface area contributed by atoms with Gasteiger partial charge < -0.3 is 20.7 Å². The molecule has 7 nitrogen and oxygen atoms in total. The van der Waals surface area contributed by atoms with Gasteiger partial charge in [-0.05, 0) is 30.7 Å². The molecule has 0 amide bonds. The Labute approximate surface area is 170 Å². The SMILES string of the molecule is CC1(C)CC[C@@H](Nc2ncc3[nH]c(Nc4c(F)cc(F)cc4Cl)nc3n2)C[C@H]1O. The van der Waals surface area contributed by atoms with E-state index in [1.165, 1.54) is 0 Å². The quantitative estimate of drug-likeness (QED) is 0.498. The minimum absolute atomic E-state index is 0.0686. The van der Waals surface area contributed by atoms with Crippen molar-refractivity contribution in [1.82, 2.24) is 19.9 Å². The highest BCUT2D eigenvalue weighted by Crippen LogP contribution is 2.36. The van der Waals surface area contributed by atoms with Crippen molar-refractivity contribution in [3.63, 3.8) is 0 Å². The van der Waals surface area contributed by atoms with E-state index in [9.17, 15) is 13.9 Å². The number of aliphatic hydroxyl groups is 1. The Balaban J connectivity index is 1.51. The van der Waals surface area contributed by atoms with Crippen LogP contribution in [0.5, 0.6) is 0 Å². The molecular weight excluding hydrogens is 402 g/mol. The van der Waals surface area contributed by atoms with Gasteiger partial charge in [-0.25, -0.2) is 13.8 Å². The second-order valence-electron chi connectivity index (χ2n) is 8.01. The highest BCUT2D eigenvalue weighted by molar-refractivity contribution is 6.33. The molecule has 0 unspecified atom stereocenters. The molecule has 0 saturated heterocycles. The van der Waals surface area contributed by atoms with Crippen molar-refractivity contribution in [2.45, 2.75) is 45.3 Å². The molecule has 1 aliphatic rings. The Bertz CT molecular complexity index is 1030. The molecule has 0 bridgehead atoms. The number of fused-ring (bicyclic) bond motifs is 1. The van der Waals surface area contributed by atoms with E-state index in [1.807, 2.05) is 0 Å². The van der Waals surface area contributed by atoms with Gasteiger partial charge >= 0.3 is 0 Å². The summed E-state index contributed by atoms with van der Waals surface area (Å²) in [5, 5.41) is 16.1. The number of rotatable bonds is 4.